The molecule has 0 aliphatic heterocycles. The van der Waals surface area contributed by atoms with E-state index in [1.807, 2.05) is 0 Å². The summed E-state index contributed by atoms with van der Waals surface area (Å²) in [6, 6.07) is 1.42. The van der Waals surface area contributed by atoms with Crippen LogP contribution in [0, 0.1) is 5.41 Å². The number of nitrogens with one attached hydrogen (secondary N) is 1. The minimum absolute atomic E-state index is 0.571. The maximum atomic E-state index is 3.68. The molecule has 1 aliphatic rings. The lowest BCUT2D eigenvalue weighted by molar-refractivity contribution is 0.267. The molecule has 0 saturated heterocycles. The summed E-state index contributed by atoms with van der Waals surface area (Å²) in [7, 11) is 2.20. The van der Waals surface area contributed by atoms with Crippen LogP contribution in [-0.2, 0) is 0 Å². The van der Waals surface area contributed by atoms with Gasteiger partial charge in [0.25, 0.3) is 0 Å². The molecule has 1 saturated carbocycles. The van der Waals surface area contributed by atoms with Crippen molar-refractivity contribution in [1.29, 1.82) is 0 Å². The topological polar surface area (TPSA) is 15.3 Å². The van der Waals surface area contributed by atoms with Crippen LogP contribution in [0.4, 0.5) is 0 Å². The molecule has 1 N–H and O–H groups in total. The molecule has 0 aromatic rings. The monoisotopic (exact) mass is 212 g/mol. The van der Waals surface area contributed by atoms with Crippen LogP contribution in [0.2, 0.25) is 0 Å². The summed E-state index contributed by atoms with van der Waals surface area (Å²) in [4.78, 5) is 2.40. The number of hydrogen-bond donors (Lipinski definition) is 1. The van der Waals surface area contributed by atoms with Crippen LogP contribution < -0.4 is 5.32 Å². The fraction of sp³-hybridized carbons (Fsp3) is 1.00. The molecular formula is C13H28N2. The van der Waals surface area contributed by atoms with Gasteiger partial charge in [-0.15, -0.1) is 0 Å². The predicted molar refractivity (Wildman–Crippen MR) is 67.2 cm³/mol. The van der Waals surface area contributed by atoms with E-state index in [0.29, 0.717) is 11.5 Å². The summed E-state index contributed by atoms with van der Waals surface area (Å²) in [6.07, 6.45) is 4.08. The van der Waals surface area contributed by atoms with Crippen LogP contribution >= 0.6 is 0 Å². The zero-order chi connectivity index (χ0) is 11.5. The van der Waals surface area contributed by atoms with E-state index in [4.69, 9.17) is 0 Å². The van der Waals surface area contributed by atoms with E-state index in [2.05, 4.69) is 45.0 Å². The third-order valence-corrected chi connectivity index (χ3v) is 3.75. The van der Waals surface area contributed by atoms with Gasteiger partial charge in [-0.05, 0) is 45.6 Å². The first-order chi connectivity index (χ1) is 6.91. The average molecular weight is 212 g/mol. The molecule has 0 aromatic carbocycles. The quantitative estimate of drug-likeness (QED) is 0.753. The minimum Gasteiger partial charge on any atom is -0.313 e. The fourth-order valence-electron chi connectivity index (χ4n) is 2.31. The summed E-state index contributed by atoms with van der Waals surface area (Å²) in [6.45, 7) is 11.6. The van der Waals surface area contributed by atoms with Gasteiger partial charge in [0.05, 0.1) is 0 Å². The number of nitrogens with zero attached hydrogens (tertiary/aromatic N) is 1. The molecule has 2 heteroatoms. The van der Waals surface area contributed by atoms with Gasteiger partial charge in [-0.3, -0.25) is 0 Å². The largest absolute Gasteiger partial charge is 0.313 e. The van der Waals surface area contributed by atoms with Gasteiger partial charge in [0, 0.05) is 25.2 Å². The molecule has 1 fully saturated rings. The van der Waals surface area contributed by atoms with Crippen molar-refractivity contribution >= 4 is 0 Å². The van der Waals surface area contributed by atoms with Gasteiger partial charge >= 0.3 is 0 Å². The molecule has 0 spiro atoms. The third kappa shape index (κ3) is 4.52. The van der Waals surface area contributed by atoms with Crippen LogP contribution in [-0.4, -0.2) is 37.1 Å². The predicted octanol–water partition coefficient (Wildman–Crippen LogP) is 2.49. The summed E-state index contributed by atoms with van der Waals surface area (Å²) < 4.78 is 0. The van der Waals surface area contributed by atoms with E-state index in [1.54, 1.807) is 0 Å². The Bertz CT molecular complexity index is 187. The normalized spacial score (nSPS) is 25.4. The fourth-order valence-corrected chi connectivity index (χ4v) is 2.31. The lowest BCUT2D eigenvalue weighted by Gasteiger charge is -2.23. The van der Waals surface area contributed by atoms with Gasteiger partial charge in [-0.1, -0.05) is 13.8 Å². The molecule has 0 aromatic heterocycles. The van der Waals surface area contributed by atoms with E-state index in [0.717, 1.165) is 19.1 Å². The van der Waals surface area contributed by atoms with Crippen molar-refractivity contribution in [2.24, 2.45) is 5.41 Å². The van der Waals surface area contributed by atoms with Gasteiger partial charge in [-0.25, -0.2) is 0 Å². The van der Waals surface area contributed by atoms with Gasteiger partial charge in [0.1, 0.15) is 0 Å². The van der Waals surface area contributed by atoms with Gasteiger partial charge < -0.3 is 10.2 Å². The lowest BCUT2D eigenvalue weighted by atomic mass is 9.92. The van der Waals surface area contributed by atoms with E-state index < -0.39 is 0 Å². The second kappa shape index (κ2) is 5.31. The number of rotatable bonds is 5. The molecule has 1 rings (SSSR count). The lowest BCUT2D eigenvalue weighted by Crippen LogP contribution is -2.37. The molecule has 0 bridgehead atoms. The van der Waals surface area contributed by atoms with Crippen LogP contribution in [0.1, 0.15) is 47.0 Å². The summed E-state index contributed by atoms with van der Waals surface area (Å²) in [5.41, 5.74) is 0.571. The van der Waals surface area contributed by atoms with Gasteiger partial charge in [-0.2, -0.15) is 0 Å². The maximum absolute atomic E-state index is 3.68. The molecule has 0 amide bonds. The highest BCUT2D eigenvalue weighted by atomic mass is 15.1. The molecule has 2 nitrogen and oxygen atoms in total. The van der Waals surface area contributed by atoms with E-state index in [-0.39, 0.29) is 0 Å². The smallest absolute Gasteiger partial charge is 0.0107 e. The standard InChI is InChI=1S/C13H28N2/c1-11(2)15(5)9-8-14-12-6-7-13(3,4)10-12/h11-12,14H,6-10H2,1-5H3. The zero-order valence-corrected chi connectivity index (χ0v) is 11.1. The molecule has 1 atom stereocenters. The Kier molecular flexibility index (Phi) is 4.60. The Balaban J connectivity index is 2.11. The maximum Gasteiger partial charge on any atom is 0.0107 e. The number of likely N-dealkylation sites (N-methyl/N-ethyl adjacent to an activating group) is 1. The van der Waals surface area contributed by atoms with Crippen molar-refractivity contribution in [3.05, 3.63) is 0 Å². The van der Waals surface area contributed by atoms with Crippen molar-refractivity contribution in [2.45, 2.75) is 59.0 Å². The molecule has 0 radical (unpaired) electrons. The average Bonchev–Trinajstić information content (AvgIpc) is 2.45. The van der Waals surface area contributed by atoms with E-state index in [1.165, 1.54) is 19.3 Å². The summed E-state index contributed by atoms with van der Waals surface area (Å²) in [5.74, 6) is 0. The van der Waals surface area contributed by atoms with Crippen LogP contribution in [0.25, 0.3) is 0 Å². The zero-order valence-electron chi connectivity index (χ0n) is 11.1. The van der Waals surface area contributed by atoms with Crippen molar-refractivity contribution in [1.82, 2.24) is 10.2 Å². The molecule has 1 unspecified atom stereocenters. The number of hydrogen-bond acceptors (Lipinski definition) is 2. The Labute approximate surface area is 95.4 Å². The highest BCUT2D eigenvalue weighted by molar-refractivity contribution is 4.86. The molecule has 15 heavy (non-hydrogen) atoms. The molecule has 0 heterocycles. The van der Waals surface area contributed by atoms with Gasteiger partial charge in [0.15, 0.2) is 0 Å². The van der Waals surface area contributed by atoms with Crippen molar-refractivity contribution in [3.63, 3.8) is 0 Å². The van der Waals surface area contributed by atoms with E-state index >= 15 is 0 Å². The molecule has 90 valence electrons. The van der Waals surface area contributed by atoms with E-state index in [9.17, 15) is 0 Å². The first-order valence-corrected chi connectivity index (χ1v) is 6.34. The van der Waals surface area contributed by atoms with Crippen molar-refractivity contribution in [2.75, 3.05) is 20.1 Å². The van der Waals surface area contributed by atoms with Crippen molar-refractivity contribution < 1.29 is 0 Å². The van der Waals surface area contributed by atoms with Gasteiger partial charge in [0.2, 0.25) is 0 Å². The molecule has 1 aliphatic carbocycles. The Hall–Kier alpha value is -0.0800. The highest BCUT2D eigenvalue weighted by Crippen LogP contribution is 2.36. The Morgan fingerprint density at radius 2 is 2.07 bits per heavy atom. The highest BCUT2D eigenvalue weighted by Gasteiger charge is 2.30. The summed E-state index contributed by atoms with van der Waals surface area (Å²) >= 11 is 0. The van der Waals surface area contributed by atoms with Crippen molar-refractivity contribution in [3.8, 4) is 0 Å². The Morgan fingerprint density at radius 1 is 1.40 bits per heavy atom. The second-order valence-electron chi connectivity index (χ2n) is 6.13. The summed E-state index contributed by atoms with van der Waals surface area (Å²) in [5, 5.41) is 3.68. The SMILES string of the molecule is CC(C)N(C)CCNC1CCC(C)(C)C1. The molecular weight excluding hydrogens is 184 g/mol. The van der Waals surface area contributed by atoms with Crippen LogP contribution in [0.15, 0.2) is 0 Å². The first-order valence-electron chi connectivity index (χ1n) is 6.34. The third-order valence-electron chi connectivity index (χ3n) is 3.75. The Morgan fingerprint density at radius 3 is 2.53 bits per heavy atom. The van der Waals surface area contributed by atoms with Crippen LogP contribution in [0.5, 0.6) is 0 Å². The minimum atomic E-state index is 0.571. The van der Waals surface area contributed by atoms with Crippen LogP contribution in [0.3, 0.4) is 0 Å². The first kappa shape index (κ1) is 13.0. The second-order valence-corrected chi connectivity index (χ2v) is 6.13.